The minimum absolute atomic E-state index is 0.0819. The number of allylic oxidation sites excluding steroid dienone is 2. The highest BCUT2D eigenvalue weighted by molar-refractivity contribution is 5.88. The largest absolute Gasteiger partial charge is 0.466 e. The summed E-state index contributed by atoms with van der Waals surface area (Å²) in [5.41, 5.74) is 1.89. The molecule has 1 rings (SSSR count). The summed E-state index contributed by atoms with van der Waals surface area (Å²) in [6, 6.07) is 9.36. The van der Waals surface area contributed by atoms with Gasteiger partial charge in [-0.05, 0) is 30.4 Å². The molecule has 0 aromatic heterocycles. The van der Waals surface area contributed by atoms with E-state index < -0.39 is 12.0 Å². The molecule has 0 saturated heterocycles. The maximum absolute atomic E-state index is 12.7. The number of amides is 1. The Morgan fingerprint density at radius 3 is 2.45 bits per heavy atom. The highest BCUT2D eigenvalue weighted by atomic mass is 16.5. The van der Waals surface area contributed by atoms with Crippen LogP contribution in [0, 0.1) is 5.92 Å². The second-order valence-electron chi connectivity index (χ2n) is 7.17. The van der Waals surface area contributed by atoms with E-state index in [1.807, 2.05) is 44.2 Å². The molecule has 0 radical (unpaired) electrons. The van der Waals surface area contributed by atoms with Crippen LogP contribution in [0.3, 0.4) is 0 Å². The number of methoxy groups -OCH3 is 1. The van der Waals surface area contributed by atoms with Crippen molar-refractivity contribution in [2.24, 2.45) is 10.9 Å². The third kappa shape index (κ3) is 10.3. The number of rotatable bonds is 10. The lowest BCUT2D eigenvalue weighted by atomic mass is 10.0. The van der Waals surface area contributed by atoms with Crippen molar-refractivity contribution in [1.82, 2.24) is 10.6 Å². The summed E-state index contributed by atoms with van der Waals surface area (Å²) in [6.07, 6.45) is 6.09. The maximum Gasteiger partial charge on any atom is 0.330 e. The van der Waals surface area contributed by atoms with Gasteiger partial charge < -0.3 is 15.4 Å². The van der Waals surface area contributed by atoms with Crippen molar-refractivity contribution < 1.29 is 14.3 Å². The SMILES string of the molecule is CCC(=N[C@H](CC(C)C)C(=O)NCc1ccccc1)N/C=C(C)/C=C/C(=O)OC. The predicted octanol–water partition coefficient (Wildman–Crippen LogP) is 3.75. The van der Waals surface area contributed by atoms with Crippen LogP contribution < -0.4 is 10.6 Å². The lowest BCUT2D eigenvalue weighted by Crippen LogP contribution is -2.35. The quantitative estimate of drug-likeness (QED) is 0.206. The van der Waals surface area contributed by atoms with Gasteiger partial charge in [0.1, 0.15) is 11.9 Å². The third-order valence-electron chi connectivity index (χ3n) is 4.10. The number of nitrogens with zero attached hydrogens (tertiary/aromatic N) is 1. The van der Waals surface area contributed by atoms with Gasteiger partial charge in [-0.1, -0.05) is 57.2 Å². The monoisotopic (exact) mass is 399 g/mol. The van der Waals surface area contributed by atoms with Crippen LogP contribution in [0.4, 0.5) is 0 Å². The molecular weight excluding hydrogens is 366 g/mol. The van der Waals surface area contributed by atoms with E-state index in [1.165, 1.54) is 13.2 Å². The molecular formula is C23H33N3O3. The highest BCUT2D eigenvalue weighted by Gasteiger charge is 2.19. The average molecular weight is 400 g/mol. The van der Waals surface area contributed by atoms with Gasteiger partial charge in [0.25, 0.3) is 0 Å². The molecule has 2 N–H and O–H groups in total. The molecule has 1 amide bonds. The summed E-state index contributed by atoms with van der Waals surface area (Å²) in [5, 5.41) is 6.13. The van der Waals surface area contributed by atoms with E-state index in [0.717, 1.165) is 17.0 Å². The normalized spacial score (nSPS) is 13.4. The summed E-state index contributed by atoms with van der Waals surface area (Å²) in [7, 11) is 1.34. The number of carbonyl (C=O) groups excluding carboxylic acids is 2. The molecule has 1 aromatic carbocycles. The van der Waals surface area contributed by atoms with Crippen LogP contribution in [0.5, 0.6) is 0 Å². The third-order valence-corrected chi connectivity index (χ3v) is 4.10. The zero-order valence-electron chi connectivity index (χ0n) is 18.1. The first-order chi connectivity index (χ1) is 13.8. The van der Waals surface area contributed by atoms with E-state index in [-0.39, 0.29) is 5.91 Å². The van der Waals surface area contributed by atoms with Crippen molar-refractivity contribution in [2.75, 3.05) is 7.11 Å². The Morgan fingerprint density at radius 2 is 1.86 bits per heavy atom. The summed E-state index contributed by atoms with van der Waals surface area (Å²) < 4.78 is 4.58. The molecule has 6 heteroatoms. The van der Waals surface area contributed by atoms with Crippen LogP contribution in [0.1, 0.15) is 46.1 Å². The molecule has 158 valence electrons. The van der Waals surface area contributed by atoms with Gasteiger partial charge >= 0.3 is 5.97 Å². The molecule has 0 aliphatic rings. The Kier molecular flexibility index (Phi) is 11.1. The smallest absolute Gasteiger partial charge is 0.330 e. The fourth-order valence-corrected chi connectivity index (χ4v) is 2.50. The Bertz CT molecular complexity index is 737. The number of benzene rings is 1. The molecule has 29 heavy (non-hydrogen) atoms. The van der Waals surface area contributed by atoms with Crippen molar-refractivity contribution in [3.8, 4) is 0 Å². The van der Waals surface area contributed by atoms with Crippen LogP contribution >= 0.6 is 0 Å². The predicted molar refractivity (Wildman–Crippen MR) is 117 cm³/mol. The molecule has 0 aliphatic carbocycles. The van der Waals surface area contributed by atoms with E-state index in [9.17, 15) is 9.59 Å². The molecule has 0 fully saturated rings. The Morgan fingerprint density at radius 1 is 1.17 bits per heavy atom. The van der Waals surface area contributed by atoms with Crippen LogP contribution in [-0.2, 0) is 20.9 Å². The summed E-state index contributed by atoms with van der Waals surface area (Å²) in [6.45, 7) is 8.48. The number of amidine groups is 1. The van der Waals surface area contributed by atoms with Crippen molar-refractivity contribution in [2.45, 2.75) is 53.1 Å². The number of esters is 1. The first-order valence-corrected chi connectivity index (χ1v) is 9.93. The minimum Gasteiger partial charge on any atom is -0.466 e. The number of carbonyl (C=O) groups is 2. The number of hydrogen-bond donors (Lipinski definition) is 2. The molecule has 6 nitrogen and oxygen atoms in total. The molecule has 0 saturated carbocycles. The van der Waals surface area contributed by atoms with E-state index >= 15 is 0 Å². The minimum atomic E-state index is -0.458. The van der Waals surface area contributed by atoms with Crippen LogP contribution in [-0.4, -0.2) is 30.9 Å². The summed E-state index contributed by atoms with van der Waals surface area (Å²) in [4.78, 5) is 28.6. The molecule has 1 atom stereocenters. The average Bonchev–Trinajstić information content (AvgIpc) is 2.72. The van der Waals surface area contributed by atoms with Gasteiger partial charge in [-0.25, -0.2) is 4.79 Å². The van der Waals surface area contributed by atoms with Gasteiger partial charge in [-0.15, -0.1) is 0 Å². The second-order valence-corrected chi connectivity index (χ2v) is 7.17. The van der Waals surface area contributed by atoms with E-state index in [0.29, 0.717) is 25.3 Å². The van der Waals surface area contributed by atoms with Gasteiger partial charge in [0.2, 0.25) is 5.91 Å². The number of aliphatic imine (C=N–C) groups is 1. The molecule has 0 bridgehead atoms. The Labute approximate surface area is 174 Å². The Hall–Kier alpha value is -2.89. The van der Waals surface area contributed by atoms with Gasteiger partial charge in [0.15, 0.2) is 0 Å². The van der Waals surface area contributed by atoms with Crippen molar-refractivity contribution in [3.05, 3.63) is 59.8 Å². The van der Waals surface area contributed by atoms with Crippen molar-refractivity contribution in [1.29, 1.82) is 0 Å². The lowest BCUT2D eigenvalue weighted by molar-refractivity contribution is -0.134. The van der Waals surface area contributed by atoms with Crippen molar-refractivity contribution >= 4 is 17.7 Å². The van der Waals surface area contributed by atoms with Crippen LogP contribution in [0.2, 0.25) is 0 Å². The summed E-state index contributed by atoms with van der Waals surface area (Å²) in [5.74, 6) is 0.566. The number of ether oxygens (including phenoxy) is 1. The van der Waals surface area contributed by atoms with Crippen LogP contribution in [0.15, 0.2) is 59.2 Å². The zero-order chi connectivity index (χ0) is 21.6. The zero-order valence-corrected chi connectivity index (χ0v) is 18.1. The van der Waals surface area contributed by atoms with Gasteiger partial charge in [-0.3, -0.25) is 9.79 Å². The standard InChI is InChI=1S/C23H33N3O3/c1-6-21(24-15-18(4)12-13-22(27)29-5)26-20(14-17(2)3)23(28)25-16-19-10-8-7-9-11-19/h7-13,15,17,20H,6,14,16H2,1-5H3,(H,24,26)(H,25,28)/b13-12+,18-15+/t20-/m1/s1. The first kappa shape index (κ1) is 24.1. The molecule has 0 unspecified atom stereocenters. The van der Waals surface area contributed by atoms with Crippen LogP contribution in [0.25, 0.3) is 0 Å². The fourth-order valence-electron chi connectivity index (χ4n) is 2.50. The molecule has 0 heterocycles. The molecule has 1 aromatic rings. The summed E-state index contributed by atoms with van der Waals surface area (Å²) >= 11 is 0. The van der Waals surface area contributed by atoms with E-state index in [1.54, 1.807) is 12.3 Å². The highest BCUT2D eigenvalue weighted by Crippen LogP contribution is 2.10. The van der Waals surface area contributed by atoms with Gasteiger partial charge in [0.05, 0.1) is 7.11 Å². The molecule has 0 aliphatic heterocycles. The van der Waals surface area contributed by atoms with Gasteiger partial charge in [-0.2, -0.15) is 0 Å². The van der Waals surface area contributed by atoms with E-state index in [4.69, 9.17) is 0 Å². The van der Waals surface area contributed by atoms with E-state index in [2.05, 4.69) is 34.2 Å². The number of hydrogen-bond acceptors (Lipinski definition) is 4. The topological polar surface area (TPSA) is 79.8 Å². The fraction of sp³-hybridized carbons (Fsp3) is 0.435. The van der Waals surface area contributed by atoms with Gasteiger partial charge in [0, 0.05) is 25.2 Å². The lowest BCUT2D eigenvalue weighted by Gasteiger charge is -2.17. The Balaban J connectivity index is 2.82. The molecule has 0 spiro atoms. The number of nitrogens with one attached hydrogen (secondary N) is 2. The maximum atomic E-state index is 12.7. The second kappa shape index (κ2) is 13.3. The van der Waals surface area contributed by atoms with Crippen molar-refractivity contribution in [3.63, 3.8) is 0 Å². The first-order valence-electron chi connectivity index (χ1n) is 9.93.